The maximum Gasteiger partial charge on any atom is 0.274 e. The standard InChI is InChI=1S/C29H23FN4O3S/c1-17-4-7-20(8-5-17)24-15-26(21-9-11-22(30)12-10-21)33-29(25(24)16-31)38-19(3)28(35)32-23-13-6-18(2)27(14-23)34(36)37/h4-15,19H,1-3H3,(H,32,35). The Balaban J connectivity index is 1.71. The van der Waals surface area contributed by atoms with E-state index < -0.39 is 16.1 Å². The minimum Gasteiger partial charge on any atom is -0.325 e. The van der Waals surface area contributed by atoms with Crippen LogP contribution in [0.3, 0.4) is 0 Å². The molecule has 38 heavy (non-hydrogen) atoms. The Morgan fingerprint density at radius 1 is 1.05 bits per heavy atom. The quantitative estimate of drug-likeness (QED) is 0.157. The van der Waals surface area contributed by atoms with Gasteiger partial charge in [0.15, 0.2) is 0 Å². The number of carbonyl (C=O) groups is 1. The van der Waals surface area contributed by atoms with E-state index in [0.29, 0.717) is 38.7 Å². The van der Waals surface area contributed by atoms with Crippen LogP contribution >= 0.6 is 11.8 Å². The molecule has 1 N–H and O–H groups in total. The highest BCUT2D eigenvalue weighted by Gasteiger charge is 2.22. The zero-order valence-electron chi connectivity index (χ0n) is 20.9. The van der Waals surface area contributed by atoms with Gasteiger partial charge < -0.3 is 5.32 Å². The van der Waals surface area contributed by atoms with Gasteiger partial charge >= 0.3 is 0 Å². The van der Waals surface area contributed by atoms with Gasteiger partial charge in [-0.15, -0.1) is 0 Å². The van der Waals surface area contributed by atoms with Crippen LogP contribution in [-0.2, 0) is 4.79 Å². The van der Waals surface area contributed by atoms with Crippen molar-refractivity contribution in [2.45, 2.75) is 31.0 Å². The van der Waals surface area contributed by atoms with Gasteiger partial charge in [-0.1, -0.05) is 47.7 Å². The fourth-order valence-corrected chi connectivity index (χ4v) is 4.72. The van der Waals surface area contributed by atoms with Crippen molar-refractivity contribution in [2.75, 3.05) is 5.32 Å². The molecule has 1 heterocycles. The lowest BCUT2D eigenvalue weighted by Gasteiger charge is -2.16. The molecule has 0 bridgehead atoms. The van der Waals surface area contributed by atoms with Crippen molar-refractivity contribution in [3.8, 4) is 28.5 Å². The Bertz CT molecular complexity index is 1560. The Hall–Kier alpha value is -4.55. The average Bonchev–Trinajstić information content (AvgIpc) is 2.90. The van der Waals surface area contributed by atoms with Crippen molar-refractivity contribution in [2.24, 2.45) is 0 Å². The van der Waals surface area contributed by atoms with E-state index in [2.05, 4.69) is 16.4 Å². The van der Waals surface area contributed by atoms with Crippen molar-refractivity contribution in [3.63, 3.8) is 0 Å². The van der Waals surface area contributed by atoms with E-state index >= 15 is 0 Å². The number of hydrogen-bond acceptors (Lipinski definition) is 6. The molecule has 7 nitrogen and oxygen atoms in total. The monoisotopic (exact) mass is 526 g/mol. The van der Waals surface area contributed by atoms with Crippen LogP contribution in [0.1, 0.15) is 23.6 Å². The van der Waals surface area contributed by atoms with E-state index in [1.807, 2.05) is 31.2 Å². The highest BCUT2D eigenvalue weighted by Crippen LogP contribution is 2.36. The second-order valence-electron chi connectivity index (χ2n) is 8.73. The first-order chi connectivity index (χ1) is 18.2. The van der Waals surface area contributed by atoms with Gasteiger partial charge in [-0.25, -0.2) is 9.37 Å². The summed E-state index contributed by atoms with van der Waals surface area (Å²) in [6.45, 7) is 5.26. The summed E-state index contributed by atoms with van der Waals surface area (Å²) in [7, 11) is 0. The number of aromatic nitrogens is 1. The van der Waals surface area contributed by atoms with Crippen LogP contribution in [0.2, 0.25) is 0 Å². The molecule has 0 saturated carbocycles. The summed E-state index contributed by atoms with van der Waals surface area (Å²) in [5.41, 5.74) is 4.72. The minimum atomic E-state index is -0.690. The van der Waals surface area contributed by atoms with Crippen molar-refractivity contribution in [1.82, 2.24) is 4.98 Å². The predicted molar refractivity (Wildman–Crippen MR) is 146 cm³/mol. The molecule has 0 saturated heterocycles. The zero-order valence-corrected chi connectivity index (χ0v) is 21.7. The molecule has 0 radical (unpaired) electrons. The van der Waals surface area contributed by atoms with E-state index in [0.717, 1.165) is 22.9 Å². The molecule has 1 atom stereocenters. The third kappa shape index (κ3) is 5.88. The van der Waals surface area contributed by atoms with E-state index in [1.165, 1.54) is 18.2 Å². The minimum absolute atomic E-state index is 0.0914. The van der Waals surface area contributed by atoms with E-state index in [-0.39, 0.29) is 11.5 Å². The number of rotatable bonds is 7. The molecule has 0 aliphatic heterocycles. The molecule has 0 spiro atoms. The lowest BCUT2D eigenvalue weighted by atomic mass is 9.98. The molecule has 1 unspecified atom stereocenters. The summed E-state index contributed by atoms with van der Waals surface area (Å²) in [6, 6.07) is 22.1. The topological polar surface area (TPSA) is 109 Å². The average molecular weight is 527 g/mol. The van der Waals surface area contributed by atoms with E-state index in [1.54, 1.807) is 44.2 Å². The number of nitrogens with one attached hydrogen (secondary N) is 1. The van der Waals surface area contributed by atoms with Crippen molar-refractivity contribution >= 4 is 29.0 Å². The van der Waals surface area contributed by atoms with E-state index in [4.69, 9.17) is 0 Å². The number of nitrogens with zero attached hydrogens (tertiary/aromatic N) is 3. The number of nitro benzene ring substituents is 1. The number of amides is 1. The molecule has 190 valence electrons. The van der Waals surface area contributed by atoms with Gasteiger partial charge in [-0.05, 0) is 62.7 Å². The van der Waals surface area contributed by atoms with Crippen LogP contribution < -0.4 is 5.32 Å². The smallest absolute Gasteiger partial charge is 0.274 e. The third-order valence-corrected chi connectivity index (χ3v) is 7.02. The molecule has 4 aromatic rings. The third-order valence-electron chi connectivity index (χ3n) is 5.93. The predicted octanol–water partition coefficient (Wildman–Crippen LogP) is 7.07. The Kier molecular flexibility index (Phi) is 7.84. The number of pyridine rings is 1. The summed E-state index contributed by atoms with van der Waals surface area (Å²) in [5.74, 6) is -0.778. The van der Waals surface area contributed by atoms with Crippen LogP contribution in [-0.4, -0.2) is 21.1 Å². The van der Waals surface area contributed by atoms with Gasteiger partial charge in [-0.2, -0.15) is 5.26 Å². The first-order valence-electron chi connectivity index (χ1n) is 11.7. The SMILES string of the molecule is Cc1ccc(-c2cc(-c3ccc(F)cc3)nc(SC(C)C(=O)Nc3ccc(C)c([N+](=O)[O-])c3)c2C#N)cc1. The first kappa shape index (κ1) is 26.5. The molecule has 0 aliphatic carbocycles. The number of halogens is 1. The Morgan fingerprint density at radius 2 is 1.71 bits per heavy atom. The van der Waals surface area contributed by atoms with Crippen molar-refractivity contribution < 1.29 is 14.1 Å². The number of thioether (sulfide) groups is 1. The number of carbonyl (C=O) groups excluding carboxylic acids is 1. The highest BCUT2D eigenvalue weighted by atomic mass is 32.2. The zero-order chi connectivity index (χ0) is 27.4. The van der Waals surface area contributed by atoms with Crippen LogP contribution in [0.15, 0.2) is 77.8 Å². The van der Waals surface area contributed by atoms with Gasteiger partial charge in [0.05, 0.1) is 21.4 Å². The number of aryl methyl sites for hydroxylation is 2. The summed E-state index contributed by atoms with van der Waals surface area (Å²) in [4.78, 5) is 28.5. The van der Waals surface area contributed by atoms with Crippen LogP contribution in [0, 0.1) is 41.1 Å². The number of benzene rings is 3. The van der Waals surface area contributed by atoms with Crippen LogP contribution in [0.25, 0.3) is 22.4 Å². The van der Waals surface area contributed by atoms with Crippen LogP contribution in [0.4, 0.5) is 15.8 Å². The summed E-state index contributed by atoms with van der Waals surface area (Å²) in [5, 5.41) is 23.7. The highest BCUT2D eigenvalue weighted by molar-refractivity contribution is 8.00. The molecule has 1 aromatic heterocycles. The van der Waals surface area contributed by atoms with Gasteiger partial charge in [0.2, 0.25) is 5.91 Å². The maximum absolute atomic E-state index is 13.6. The van der Waals surface area contributed by atoms with Gasteiger partial charge in [0, 0.05) is 28.4 Å². The maximum atomic E-state index is 13.6. The molecule has 3 aromatic carbocycles. The van der Waals surface area contributed by atoms with Gasteiger partial charge in [-0.3, -0.25) is 14.9 Å². The number of nitro groups is 1. The summed E-state index contributed by atoms with van der Waals surface area (Å²) >= 11 is 1.11. The summed E-state index contributed by atoms with van der Waals surface area (Å²) < 4.78 is 13.6. The van der Waals surface area contributed by atoms with Gasteiger partial charge in [0.1, 0.15) is 16.9 Å². The lowest BCUT2D eigenvalue weighted by Crippen LogP contribution is -2.22. The van der Waals surface area contributed by atoms with Crippen molar-refractivity contribution in [3.05, 3.63) is 105 Å². The number of nitriles is 1. The molecule has 9 heteroatoms. The molecular formula is C29H23FN4O3S. The van der Waals surface area contributed by atoms with Crippen molar-refractivity contribution in [1.29, 1.82) is 5.26 Å². The Labute approximate surface area is 223 Å². The molecule has 4 rings (SSSR count). The molecule has 1 amide bonds. The second-order valence-corrected chi connectivity index (χ2v) is 10.1. The normalized spacial score (nSPS) is 11.4. The Morgan fingerprint density at radius 3 is 2.34 bits per heavy atom. The van der Waals surface area contributed by atoms with E-state index in [9.17, 15) is 24.6 Å². The van der Waals surface area contributed by atoms with Gasteiger partial charge in [0.25, 0.3) is 5.69 Å². The molecular weight excluding hydrogens is 503 g/mol. The second kappa shape index (κ2) is 11.2. The molecule has 0 aliphatic rings. The summed E-state index contributed by atoms with van der Waals surface area (Å²) in [6.07, 6.45) is 0. The fraction of sp³-hybridized carbons (Fsp3) is 0.138. The first-order valence-corrected chi connectivity index (χ1v) is 12.5. The fourth-order valence-electron chi connectivity index (χ4n) is 3.79. The lowest BCUT2D eigenvalue weighted by molar-refractivity contribution is -0.385. The number of anilines is 1. The molecule has 0 fully saturated rings. The number of hydrogen-bond donors (Lipinski definition) is 1. The van der Waals surface area contributed by atoms with Crippen LogP contribution in [0.5, 0.6) is 0 Å². The largest absolute Gasteiger partial charge is 0.325 e.